The van der Waals surface area contributed by atoms with E-state index in [-0.39, 0.29) is 0 Å². The summed E-state index contributed by atoms with van der Waals surface area (Å²) >= 11 is 0. The van der Waals surface area contributed by atoms with Gasteiger partial charge in [-0.25, -0.2) is 0 Å². The van der Waals surface area contributed by atoms with Gasteiger partial charge in [0.2, 0.25) is 0 Å². The fourth-order valence-electron chi connectivity index (χ4n) is 0.403. The first-order valence-electron chi connectivity index (χ1n) is 3.12. The van der Waals surface area contributed by atoms with Crippen molar-refractivity contribution in [1.29, 1.82) is 0 Å². The van der Waals surface area contributed by atoms with E-state index >= 15 is 0 Å². The van der Waals surface area contributed by atoms with Gasteiger partial charge < -0.3 is 0 Å². The van der Waals surface area contributed by atoms with Crippen LogP contribution in [0, 0.1) is 0 Å². The first kappa shape index (κ1) is 8.89. The van der Waals surface area contributed by atoms with Crippen LogP contribution in [0.2, 0.25) is 0 Å². The zero-order chi connectivity index (χ0) is 7.98. The zero-order valence-corrected chi connectivity index (χ0v) is 6.42. The van der Waals surface area contributed by atoms with Crippen molar-refractivity contribution in [2.45, 2.75) is 13.8 Å². The first-order valence-corrected chi connectivity index (χ1v) is 3.12. The third-order valence-electron chi connectivity index (χ3n) is 0.926. The van der Waals surface area contributed by atoms with E-state index in [1.807, 2.05) is 19.1 Å². The molecule has 10 heavy (non-hydrogen) atoms. The summed E-state index contributed by atoms with van der Waals surface area (Å²) < 4.78 is 0. The molecule has 0 saturated carbocycles. The van der Waals surface area contributed by atoms with E-state index in [9.17, 15) is 4.79 Å². The van der Waals surface area contributed by atoms with Gasteiger partial charge in [-0.05, 0) is 19.4 Å². The molecule has 0 aromatic rings. The molecule has 0 rings (SSSR count). The van der Waals surface area contributed by atoms with Gasteiger partial charge >= 0.3 is 0 Å². The van der Waals surface area contributed by atoms with E-state index in [0.29, 0.717) is 0 Å². The third kappa shape index (κ3) is 5.04. The molecule has 0 aromatic carbocycles. The lowest BCUT2D eigenvalue weighted by molar-refractivity contribution is -0.104. The fourth-order valence-corrected chi connectivity index (χ4v) is 0.403. The molecule has 0 aliphatic rings. The Bertz CT molecular complexity index is 185. The average molecular weight is 136 g/mol. The Kier molecular flexibility index (Phi) is 4.21. The quantitative estimate of drug-likeness (QED) is 0.330. The molecule has 0 radical (unpaired) electrons. The molecule has 0 aromatic heterocycles. The second kappa shape index (κ2) is 4.74. The molecule has 0 bridgehead atoms. The van der Waals surface area contributed by atoms with Gasteiger partial charge in [0.25, 0.3) is 0 Å². The van der Waals surface area contributed by atoms with Crippen LogP contribution in [-0.2, 0) is 4.79 Å². The lowest BCUT2D eigenvalue weighted by atomic mass is 10.2. The molecule has 0 fully saturated rings. The lowest BCUT2D eigenvalue weighted by Crippen LogP contribution is -1.72. The minimum Gasteiger partial charge on any atom is -0.298 e. The zero-order valence-electron chi connectivity index (χ0n) is 6.42. The second-order valence-corrected chi connectivity index (χ2v) is 2.23. The smallest absolute Gasteiger partial charge is 0.145 e. The Morgan fingerprint density at radius 3 is 2.40 bits per heavy atom. The Morgan fingerprint density at radius 2 is 2.00 bits per heavy atom. The number of carbonyl (C=O) groups is 1. The molecular weight excluding hydrogens is 124 g/mol. The molecule has 0 unspecified atom stereocenters. The maximum Gasteiger partial charge on any atom is 0.145 e. The van der Waals surface area contributed by atoms with Gasteiger partial charge in [0.15, 0.2) is 0 Å². The summed E-state index contributed by atoms with van der Waals surface area (Å²) in [7, 11) is 0. The molecule has 0 atom stereocenters. The van der Waals surface area contributed by atoms with Crippen molar-refractivity contribution in [2.24, 2.45) is 0 Å². The van der Waals surface area contributed by atoms with E-state index < -0.39 is 0 Å². The highest BCUT2D eigenvalue weighted by Gasteiger charge is 1.77. The van der Waals surface area contributed by atoms with E-state index in [0.717, 1.165) is 17.4 Å². The number of hydrogen-bond donors (Lipinski definition) is 0. The number of hydrogen-bond acceptors (Lipinski definition) is 1. The van der Waals surface area contributed by atoms with Gasteiger partial charge in [-0.1, -0.05) is 30.4 Å². The van der Waals surface area contributed by atoms with Gasteiger partial charge in [0, 0.05) is 0 Å². The SMILES string of the molecule is C=C(C)/C=C/C=C(/C)C=O. The van der Waals surface area contributed by atoms with Gasteiger partial charge in [-0.3, -0.25) is 4.79 Å². The molecular formula is C9H12O. The summed E-state index contributed by atoms with van der Waals surface area (Å²) in [4.78, 5) is 10.1. The van der Waals surface area contributed by atoms with E-state index in [1.165, 1.54) is 0 Å². The number of rotatable bonds is 3. The molecule has 0 amide bonds. The Morgan fingerprint density at radius 1 is 1.40 bits per heavy atom. The van der Waals surface area contributed by atoms with E-state index in [2.05, 4.69) is 6.58 Å². The molecule has 1 heteroatoms. The molecule has 0 aliphatic heterocycles. The van der Waals surface area contributed by atoms with E-state index in [1.54, 1.807) is 13.0 Å². The van der Waals surface area contributed by atoms with E-state index in [4.69, 9.17) is 0 Å². The van der Waals surface area contributed by atoms with Crippen LogP contribution >= 0.6 is 0 Å². The topological polar surface area (TPSA) is 17.1 Å². The first-order chi connectivity index (χ1) is 4.66. The standard InChI is InChI=1S/C9H12O/c1-8(2)5-4-6-9(3)7-10/h4-7H,1H2,2-3H3/b5-4+,9-6-. The normalized spacial score (nSPS) is 12.0. The second-order valence-electron chi connectivity index (χ2n) is 2.23. The van der Waals surface area contributed by atoms with Crippen molar-refractivity contribution in [3.8, 4) is 0 Å². The van der Waals surface area contributed by atoms with Crippen LogP contribution in [0.1, 0.15) is 13.8 Å². The predicted molar refractivity (Wildman–Crippen MR) is 43.8 cm³/mol. The molecule has 1 nitrogen and oxygen atoms in total. The largest absolute Gasteiger partial charge is 0.298 e. The van der Waals surface area contributed by atoms with Gasteiger partial charge in [0.1, 0.15) is 6.29 Å². The third-order valence-corrected chi connectivity index (χ3v) is 0.926. The van der Waals surface area contributed by atoms with Gasteiger partial charge in [0.05, 0.1) is 0 Å². The maximum absolute atomic E-state index is 10.1. The highest BCUT2D eigenvalue weighted by atomic mass is 16.1. The molecule has 0 N–H and O–H groups in total. The maximum atomic E-state index is 10.1. The number of carbonyl (C=O) groups excluding carboxylic acids is 1. The summed E-state index contributed by atoms with van der Waals surface area (Å²) in [6.07, 6.45) is 6.24. The minimum atomic E-state index is 0.720. The summed E-state index contributed by atoms with van der Waals surface area (Å²) in [5.41, 5.74) is 1.70. The van der Waals surface area contributed by atoms with Gasteiger partial charge in [-0.2, -0.15) is 0 Å². The summed E-state index contributed by atoms with van der Waals surface area (Å²) in [6, 6.07) is 0. The van der Waals surface area contributed by atoms with Gasteiger partial charge in [-0.15, -0.1) is 0 Å². The van der Waals surface area contributed by atoms with Crippen LogP contribution < -0.4 is 0 Å². The Labute approximate surface area is 61.8 Å². The van der Waals surface area contributed by atoms with Crippen molar-refractivity contribution >= 4 is 6.29 Å². The fraction of sp³-hybridized carbons (Fsp3) is 0.222. The molecule has 0 heterocycles. The van der Waals surface area contributed by atoms with Crippen LogP contribution in [-0.4, -0.2) is 6.29 Å². The van der Waals surface area contributed by atoms with Crippen LogP contribution in [0.25, 0.3) is 0 Å². The summed E-state index contributed by atoms with van der Waals surface area (Å²) in [5, 5.41) is 0. The molecule has 54 valence electrons. The van der Waals surface area contributed by atoms with Crippen molar-refractivity contribution in [2.75, 3.05) is 0 Å². The highest BCUT2D eigenvalue weighted by Crippen LogP contribution is 1.92. The van der Waals surface area contributed by atoms with Crippen molar-refractivity contribution < 1.29 is 4.79 Å². The monoisotopic (exact) mass is 136 g/mol. The molecule has 0 saturated heterocycles. The highest BCUT2D eigenvalue weighted by molar-refractivity contribution is 5.72. The summed E-state index contributed by atoms with van der Waals surface area (Å²) in [6.45, 7) is 7.34. The Hall–Kier alpha value is -1.11. The minimum absolute atomic E-state index is 0.720. The number of allylic oxidation sites excluding steroid dienone is 5. The van der Waals surface area contributed by atoms with Crippen LogP contribution in [0.5, 0.6) is 0 Å². The lowest BCUT2D eigenvalue weighted by Gasteiger charge is -1.82. The Balaban J connectivity index is 3.93. The van der Waals surface area contributed by atoms with Crippen molar-refractivity contribution in [3.63, 3.8) is 0 Å². The predicted octanol–water partition coefficient (Wildman–Crippen LogP) is 2.26. The van der Waals surface area contributed by atoms with Crippen molar-refractivity contribution in [3.05, 3.63) is 36.0 Å². The van der Waals surface area contributed by atoms with Crippen molar-refractivity contribution in [1.82, 2.24) is 0 Å². The summed E-state index contributed by atoms with van der Waals surface area (Å²) in [5.74, 6) is 0. The molecule has 0 spiro atoms. The van der Waals surface area contributed by atoms with Crippen LogP contribution in [0.4, 0.5) is 0 Å². The number of aldehydes is 1. The van der Waals surface area contributed by atoms with Crippen LogP contribution in [0.15, 0.2) is 36.0 Å². The molecule has 0 aliphatic carbocycles. The average Bonchev–Trinajstić information content (AvgIpc) is 1.87. The van der Waals surface area contributed by atoms with Crippen LogP contribution in [0.3, 0.4) is 0 Å².